The van der Waals surface area contributed by atoms with Crippen molar-refractivity contribution < 1.29 is 14.3 Å². The molecule has 2 amide bonds. The van der Waals surface area contributed by atoms with E-state index in [-0.39, 0.29) is 17.2 Å². The molecule has 1 saturated heterocycles. The lowest BCUT2D eigenvalue weighted by Gasteiger charge is -2.36. The molecule has 0 saturated carbocycles. The summed E-state index contributed by atoms with van der Waals surface area (Å²) in [6.07, 6.45) is 0.913. The van der Waals surface area contributed by atoms with Gasteiger partial charge in [0.2, 0.25) is 11.8 Å². The summed E-state index contributed by atoms with van der Waals surface area (Å²) < 4.78 is 5.57. The molecule has 0 unspecified atom stereocenters. The average molecular weight is 332 g/mol. The van der Waals surface area contributed by atoms with Gasteiger partial charge in [-0.2, -0.15) is 0 Å². The predicted octanol–water partition coefficient (Wildman–Crippen LogP) is 2.56. The smallest absolute Gasteiger partial charge is 0.226 e. The summed E-state index contributed by atoms with van der Waals surface area (Å²) in [5, 5.41) is 0. The molecular weight excluding hydrogens is 304 g/mol. The summed E-state index contributed by atoms with van der Waals surface area (Å²) in [6, 6.07) is 9.50. The standard InChI is InChI=1S/C19H28N2O3/c1-19(2,3)15-18(23)21-12-10-20(11-13-21)17(22)9-14-24-16-7-5-4-6-8-16/h4-8H,9-15H2,1-3H3. The van der Waals surface area contributed by atoms with Crippen LogP contribution in [-0.2, 0) is 9.59 Å². The van der Waals surface area contributed by atoms with Crippen molar-refractivity contribution in [3.8, 4) is 5.75 Å². The molecule has 0 spiro atoms. The van der Waals surface area contributed by atoms with Crippen molar-refractivity contribution >= 4 is 11.8 Å². The molecule has 132 valence electrons. The van der Waals surface area contributed by atoms with Crippen molar-refractivity contribution in [1.82, 2.24) is 9.80 Å². The Hall–Kier alpha value is -2.04. The number of nitrogens with zero attached hydrogens (tertiary/aromatic N) is 2. The Morgan fingerprint density at radius 3 is 2.04 bits per heavy atom. The van der Waals surface area contributed by atoms with Crippen LogP contribution in [0.2, 0.25) is 0 Å². The number of carbonyl (C=O) groups excluding carboxylic acids is 2. The van der Waals surface area contributed by atoms with E-state index in [0.29, 0.717) is 45.6 Å². The predicted molar refractivity (Wildman–Crippen MR) is 93.8 cm³/mol. The Kier molecular flexibility index (Phi) is 6.23. The van der Waals surface area contributed by atoms with Crippen molar-refractivity contribution in [2.75, 3.05) is 32.8 Å². The number of piperazine rings is 1. The van der Waals surface area contributed by atoms with Crippen LogP contribution in [0.1, 0.15) is 33.6 Å². The Morgan fingerprint density at radius 1 is 0.958 bits per heavy atom. The first kappa shape index (κ1) is 18.3. The molecular formula is C19H28N2O3. The second-order valence-corrected chi connectivity index (χ2v) is 7.41. The molecule has 0 aromatic heterocycles. The van der Waals surface area contributed by atoms with Gasteiger partial charge in [-0.1, -0.05) is 39.0 Å². The van der Waals surface area contributed by atoms with E-state index in [0.717, 1.165) is 5.75 Å². The average Bonchev–Trinajstić information content (AvgIpc) is 2.54. The first-order chi connectivity index (χ1) is 11.3. The molecule has 0 aliphatic carbocycles. The number of carbonyl (C=O) groups is 2. The summed E-state index contributed by atoms with van der Waals surface area (Å²) in [4.78, 5) is 28.2. The van der Waals surface area contributed by atoms with Crippen molar-refractivity contribution in [1.29, 1.82) is 0 Å². The van der Waals surface area contributed by atoms with Gasteiger partial charge in [-0.05, 0) is 17.5 Å². The van der Waals surface area contributed by atoms with Crippen LogP contribution in [0.15, 0.2) is 30.3 Å². The van der Waals surface area contributed by atoms with Crippen LogP contribution in [0.3, 0.4) is 0 Å². The molecule has 1 aliphatic rings. The van der Waals surface area contributed by atoms with Crippen LogP contribution in [0.4, 0.5) is 0 Å². The molecule has 24 heavy (non-hydrogen) atoms. The minimum Gasteiger partial charge on any atom is -0.493 e. The monoisotopic (exact) mass is 332 g/mol. The third kappa shape index (κ3) is 5.87. The van der Waals surface area contributed by atoms with Crippen molar-refractivity contribution in [2.24, 2.45) is 5.41 Å². The van der Waals surface area contributed by atoms with Gasteiger partial charge in [-0.15, -0.1) is 0 Å². The van der Waals surface area contributed by atoms with E-state index in [9.17, 15) is 9.59 Å². The number of amides is 2. The molecule has 1 aromatic rings. The minimum absolute atomic E-state index is 0.00118. The number of hydrogen-bond donors (Lipinski definition) is 0. The zero-order chi connectivity index (χ0) is 17.6. The van der Waals surface area contributed by atoms with E-state index < -0.39 is 0 Å². The topological polar surface area (TPSA) is 49.9 Å². The van der Waals surface area contributed by atoms with Crippen molar-refractivity contribution in [3.05, 3.63) is 30.3 Å². The Bertz CT molecular complexity index is 543. The normalized spacial score (nSPS) is 15.3. The Balaban J connectivity index is 1.70. The molecule has 0 N–H and O–H groups in total. The van der Waals surface area contributed by atoms with Crippen LogP contribution in [0.25, 0.3) is 0 Å². The number of benzene rings is 1. The molecule has 0 radical (unpaired) electrons. The zero-order valence-electron chi connectivity index (χ0n) is 15.0. The SMILES string of the molecule is CC(C)(C)CC(=O)N1CCN(C(=O)CCOc2ccccc2)CC1. The van der Waals surface area contributed by atoms with Gasteiger partial charge in [-0.3, -0.25) is 9.59 Å². The fourth-order valence-electron chi connectivity index (χ4n) is 2.70. The maximum absolute atomic E-state index is 12.2. The number of para-hydroxylation sites is 1. The summed E-state index contributed by atoms with van der Waals surface area (Å²) in [7, 11) is 0. The van der Waals surface area contributed by atoms with Crippen LogP contribution in [0.5, 0.6) is 5.75 Å². The van der Waals surface area contributed by atoms with E-state index in [2.05, 4.69) is 20.8 Å². The van der Waals surface area contributed by atoms with Crippen LogP contribution in [0, 0.1) is 5.41 Å². The second kappa shape index (κ2) is 8.18. The van der Waals surface area contributed by atoms with Gasteiger partial charge in [0, 0.05) is 32.6 Å². The fraction of sp³-hybridized carbons (Fsp3) is 0.579. The molecule has 1 aromatic carbocycles. The van der Waals surface area contributed by atoms with Gasteiger partial charge in [-0.25, -0.2) is 0 Å². The summed E-state index contributed by atoms with van der Waals surface area (Å²) >= 11 is 0. The highest BCUT2D eigenvalue weighted by Gasteiger charge is 2.26. The minimum atomic E-state index is -0.00118. The summed E-state index contributed by atoms with van der Waals surface area (Å²) in [5.41, 5.74) is -0.00118. The van der Waals surface area contributed by atoms with E-state index >= 15 is 0 Å². The van der Waals surface area contributed by atoms with E-state index in [1.807, 2.05) is 40.1 Å². The first-order valence-corrected chi connectivity index (χ1v) is 8.58. The van der Waals surface area contributed by atoms with Crippen molar-refractivity contribution in [3.63, 3.8) is 0 Å². The third-order valence-corrected chi connectivity index (χ3v) is 3.99. The van der Waals surface area contributed by atoms with Gasteiger partial charge in [0.1, 0.15) is 5.75 Å². The lowest BCUT2D eigenvalue weighted by molar-refractivity contribution is -0.140. The van der Waals surface area contributed by atoms with Crippen LogP contribution < -0.4 is 4.74 Å². The maximum atomic E-state index is 12.2. The van der Waals surface area contributed by atoms with E-state index in [1.165, 1.54) is 0 Å². The molecule has 0 bridgehead atoms. The number of hydrogen-bond acceptors (Lipinski definition) is 3. The molecule has 5 nitrogen and oxygen atoms in total. The molecule has 2 rings (SSSR count). The van der Waals surface area contributed by atoms with Crippen molar-refractivity contribution in [2.45, 2.75) is 33.6 Å². The molecule has 1 aliphatic heterocycles. The van der Waals surface area contributed by atoms with Gasteiger partial charge in [0.15, 0.2) is 0 Å². The number of ether oxygens (including phenoxy) is 1. The van der Waals surface area contributed by atoms with Gasteiger partial charge in [0.25, 0.3) is 0 Å². The Labute approximate surface area is 144 Å². The van der Waals surface area contributed by atoms with Crippen LogP contribution in [-0.4, -0.2) is 54.4 Å². The maximum Gasteiger partial charge on any atom is 0.226 e. The van der Waals surface area contributed by atoms with Gasteiger partial charge < -0.3 is 14.5 Å². The lowest BCUT2D eigenvalue weighted by atomic mass is 9.91. The zero-order valence-corrected chi connectivity index (χ0v) is 15.0. The highest BCUT2D eigenvalue weighted by molar-refractivity contribution is 5.78. The fourth-order valence-corrected chi connectivity index (χ4v) is 2.70. The van der Waals surface area contributed by atoms with Crippen LogP contribution >= 0.6 is 0 Å². The lowest BCUT2D eigenvalue weighted by Crippen LogP contribution is -2.51. The van der Waals surface area contributed by atoms with E-state index in [1.54, 1.807) is 0 Å². The second-order valence-electron chi connectivity index (χ2n) is 7.41. The summed E-state index contributed by atoms with van der Waals surface area (Å²) in [5.74, 6) is 1.05. The largest absolute Gasteiger partial charge is 0.493 e. The Morgan fingerprint density at radius 2 is 1.50 bits per heavy atom. The van der Waals surface area contributed by atoms with Gasteiger partial charge in [0.05, 0.1) is 13.0 Å². The van der Waals surface area contributed by atoms with Gasteiger partial charge >= 0.3 is 0 Å². The van der Waals surface area contributed by atoms with E-state index in [4.69, 9.17) is 4.74 Å². The molecule has 1 heterocycles. The molecule has 5 heteroatoms. The third-order valence-electron chi connectivity index (χ3n) is 3.99. The highest BCUT2D eigenvalue weighted by Crippen LogP contribution is 2.20. The molecule has 1 fully saturated rings. The molecule has 0 atom stereocenters. The summed E-state index contributed by atoms with van der Waals surface area (Å²) in [6.45, 7) is 9.05. The first-order valence-electron chi connectivity index (χ1n) is 8.58. The number of rotatable bonds is 5. The highest BCUT2D eigenvalue weighted by atomic mass is 16.5. The quantitative estimate of drug-likeness (QED) is 0.833.